The number of rotatable bonds is 4. The summed E-state index contributed by atoms with van der Waals surface area (Å²) in [6, 6.07) is 3.94. The van der Waals surface area contributed by atoms with Crippen molar-refractivity contribution in [2.75, 3.05) is 14.2 Å². The Bertz CT molecular complexity index is 456. The molecule has 20 heavy (non-hydrogen) atoms. The minimum atomic E-state index is -0.0144. The molecule has 0 aromatic heterocycles. The Hall–Kier alpha value is -0.410. The van der Waals surface area contributed by atoms with Gasteiger partial charge in [0.15, 0.2) is 0 Å². The number of hydrogen-bond donors (Lipinski definition) is 0. The summed E-state index contributed by atoms with van der Waals surface area (Å²) in [7, 11) is 3.35. The SMILES string of the molecule is COc1cc(C(Cl)C2CCC(C)CC2)c(OC)cc1Br. The van der Waals surface area contributed by atoms with Crippen LogP contribution in [0.1, 0.15) is 43.5 Å². The van der Waals surface area contributed by atoms with Gasteiger partial charge in [-0.3, -0.25) is 0 Å². The fourth-order valence-corrected chi connectivity index (χ4v) is 3.84. The molecule has 0 amide bonds. The van der Waals surface area contributed by atoms with Crippen LogP contribution in [-0.4, -0.2) is 14.2 Å². The minimum Gasteiger partial charge on any atom is -0.496 e. The van der Waals surface area contributed by atoms with Crippen molar-refractivity contribution in [1.82, 2.24) is 0 Å². The zero-order valence-electron chi connectivity index (χ0n) is 12.3. The monoisotopic (exact) mass is 360 g/mol. The molecule has 0 bridgehead atoms. The molecule has 0 aliphatic heterocycles. The third kappa shape index (κ3) is 3.43. The van der Waals surface area contributed by atoms with Crippen molar-refractivity contribution >= 4 is 27.5 Å². The first-order chi connectivity index (χ1) is 9.56. The van der Waals surface area contributed by atoms with Gasteiger partial charge in [-0.05, 0) is 52.7 Å². The average Bonchev–Trinajstić information content (AvgIpc) is 2.47. The molecule has 2 rings (SSSR count). The van der Waals surface area contributed by atoms with E-state index in [0.29, 0.717) is 5.92 Å². The standard InChI is InChI=1S/C16H22BrClO2/c1-10-4-6-11(7-5-10)16(18)12-8-15(20-3)13(17)9-14(12)19-2/h8-11,16H,4-7H2,1-3H3. The van der Waals surface area contributed by atoms with E-state index in [4.69, 9.17) is 21.1 Å². The van der Waals surface area contributed by atoms with E-state index in [1.54, 1.807) is 14.2 Å². The summed E-state index contributed by atoms with van der Waals surface area (Å²) in [5.74, 6) is 2.98. The second kappa shape index (κ2) is 7.04. The summed E-state index contributed by atoms with van der Waals surface area (Å²) in [5, 5.41) is -0.0144. The van der Waals surface area contributed by atoms with E-state index in [0.717, 1.165) is 27.5 Å². The molecule has 1 atom stereocenters. The number of ether oxygens (including phenoxy) is 2. The van der Waals surface area contributed by atoms with Crippen molar-refractivity contribution in [2.24, 2.45) is 11.8 Å². The van der Waals surface area contributed by atoms with Crippen molar-refractivity contribution in [3.63, 3.8) is 0 Å². The number of alkyl halides is 1. The molecule has 112 valence electrons. The van der Waals surface area contributed by atoms with Gasteiger partial charge in [0.2, 0.25) is 0 Å². The van der Waals surface area contributed by atoms with Gasteiger partial charge in [0.25, 0.3) is 0 Å². The Morgan fingerprint density at radius 2 is 1.70 bits per heavy atom. The normalized spacial score (nSPS) is 24.2. The third-order valence-corrected chi connectivity index (χ3v) is 5.49. The van der Waals surface area contributed by atoms with E-state index in [1.807, 2.05) is 12.1 Å². The number of halogens is 2. The topological polar surface area (TPSA) is 18.5 Å². The van der Waals surface area contributed by atoms with Crippen LogP contribution in [0.15, 0.2) is 16.6 Å². The lowest BCUT2D eigenvalue weighted by molar-refractivity contribution is 0.280. The Labute approximate surface area is 134 Å². The summed E-state index contributed by atoms with van der Waals surface area (Å²) in [6.45, 7) is 2.32. The van der Waals surface area contributed by atoms with E-state index in [9.17, 15) is 0 Å². The van der Waals surface area contributed by atoms with Gasteiger partial charge >= 0.3 is 0 Å². The van der Waals surface area contributed by atoms with Crippen molar-refractivity contribution in [1.29, 1.82) is 0 Å². The molecular formula is C16H22BrClO2. The van der Waals surface area contributed by atoms with Gasteiger partial charge in [0.1, 0.15) is 11.5 Å². The molecule has 0 heterocycles. The zero-order valence-corrected chi connectivity index (χ0v) is 14.6. The molecule has 0 radical (unpaired) electrons. The molecule has 2 nitrogen and oxygen atoms in total. The molecule has 1 saturated carbocycles. The van der Waals surface area contributed by atoms with Crippen molar-refractivity contribution in [3.05, 3.63) is 22.2 Å². The van der Waals surface area contributed by atoms with Crippen molar-refractivity contribution in [2.45, 2.75) is 38.0 Å². The van der Waals surface area contributed by atoms with Crippen LogP contribution in [0.4, 0.5) is 0 Å². The predicted molar refractivity (Wildman–Crippen MR) is 87.0 cm³/mol. The summed E-state index contributed by atoms with van der Waals surface area (Å²) in [5.41, 5.74) is 1.04. The second-order valence-corrected chi connectivity index (χ2v) is 6.97. The lowest BCUT2D eigenvalue weighted by Gasteiger charge is -2.30. The average molecular weight is 362 g/mol. The Morgan fingerprint density at radius 3 is 2.25 bits per heavy atom. The van der Waals surface area contributed by atoms with Gasteiger partial charge in [-0.15, -0.1) is 11.6 Å². The van der Waals surface area contributed by atoms with E-state index >= 15 is 0 Å². The molecule has 4 heteroatoms. The highest BCUT2D eigenvalue weighted by atomic mass is 79.9. The molecule has 1 fully saturated rings. The van der Waals surface area contributed by atoms with Gasteiger partial charge in [-0.2, -0.15) is 0 Å². The smallest absolute Gasteiger partial charge is 0.133 e. The van der Waals surface area contributed by atoms with Crippen molar-refractivity contribution < 1.29 is 9.47 Å². The highest BCUT2D eigenvalue weighted by molar-refractivity contribution is 9.10. The van der Waals surface area contributed by atoms with Crippen LogP contribution in [0, 0.1) is 11.8 Å². The van der Waals surface area contributed by atoms with Crippen LogP contribution in [0.3, 0.4) is 0 Å². The van der Waals surface area contributed by atoms with Crippen LogP contribution in [0.5, 0.6) is 11.5 Å². The van der Waals surface area contributed by atoms with Crippen LogP contribution in [0.2, 0.25) is 0 Å². The van der Waals surface area contributed by atoms with Crippen LogP contribution in [0.25, 0.3) is 0 Å². The summed E-state index contributed by atoms with van der Waals surface area (Å²) < 4.78 is 11.8. The maximum absolute atomic E-state index is 6.75. The maximum atomic E-state index is 6.75. The number of benzene rings is 1. The largest absolute Gasteiger partial charge is 0.496 e. The molecule has 0 saturated heterocycles. The molecule has 1 aliphatic rings. The highest BCUT2D eigenvalue weighted by Crippen LogP contribution is 2.45. The molecule has 1 aromatic carbocycles. The summed E-state index contributed by atoms with van der Waals surface area (Å²) in [4.78, 5) is 0. The number of methoxy groups -OCH3 is 2. The first-order valence-corrected chi connectivity index (χ1v) is 8.35. The Kier molecular flexibility index (Phi) is 5.62. The van der Waals surface area contributed by atoms with E-state index in [2.05, 4.69) is 22.9 Å². The number of hydrogen-bond acceptors (Lipinski definition) is 2. The van der Waals surface area contributed by atoms with Crippen LogP contribution >= 0.6 is 27.5 Å². The summed E-state index contributed by atoms with van der Waals surface area (Å²) in [6.07, 6.45) is 4.92. The quantitative estimate of drug-likeness (QED) is 0.652. The minimum absolute atomic E-state index is 0.0144. The van der Waals surface area contributed by atoms with Gasteiger partial charge < -0.3 is 9.47 Å². The van der Waals surface area contributed by atoms with E-state index in [-0.39, 0.29) is 5.38 Å². The van der Waals surface area contributed by atoms with Crippen molar-refractivity contribution in [3.8, 4) is 11.5 Å². The fourth-order valence-electron chi connectivity index (χ4n) is 2.93. The maximum Gasteiger partial charge on any atom is 0.133 e. The van der Waals surface area contributed by atoms with Gasteiger partial charge in [-0.1, -0.05) is 19.8 Å². The third-order valence-electron chi connectivity index (χ3n) is 4.28. The lowest BCUT2D eigenvalue weighted by Crippen LogP contribution is -2.17. The van der Waals surface area contributed by atoms with E-state index < -0.39 is 0 Å². The van der Waals surface area contributed by atoms with E-state index in [1.165, 1.54) is 25.7 Å². The van der Waals surface area contributed by atoms with Gasteiger partial charge in [0, 0.05) is 5.56 Å². The van der Waals surface area contributed by atoms with Crippen LogP contribution < -0.4 is 9.47 Å². The van der Waals surface area contributed by atoms with Gasteiger partial charge in [0.05, 0.1) is 24.1 Å². The molecule has 0 spiro atoms. The Balaban J connectivity index is 2.26. The second-order valence-electron chi connectivity index (χ2n) is 5.65. The molecule has 1 aromatic rings. The molecule has 0 N–H and O–H groups in total. The van der Waals surface area contributed by atoms with Gasteiger partial charge in [-0.25, -0.2) is 0 Å². The lowest BCUT2D eigenvalue weighted by atomic mass is 9.79. The molecule has 1 unspecified atom stereocenters. The summed E-state index contributed by atoms with van der Waals surface area (Å²) >= 11 is 10.2. The van der Waals surface area contributed by atoms with Crippen LogP contribution in [-0.2, 0) is 0 Å². The predicted octanol–water partition coefficient (Wildman–Crippen LogP) is 5.57. The molecule has 1 aliphatic carbocycles. The molecular weight excluding hydrogens is 340 g/mol. The first kappa shape index (κ1) is 16.0. The first-order valence-electron chi connectivity index (χ1n) is 7.12. The Morgan fingerprint density at radius 1 is 1.10 bits per heavy atom. The fraction of sp³-hybridized carbons (Fsp3) is 0.625. The highest BCUT2D eigenvalue weighted by Gasteiger charge is 2.28. The zero-order chi connectivity index (χ0) is 14.7.